The molecule has 0 aliphatic rings. The zero-order chi connectivity index (χ0) is 16.0. The van der Waals surface area contributed by atoms with E-state index in [1.807, 2.05) is 0 Å². The third-order valence-electron chi connectivity index (χ3n) is 2.75. The number of nitrogens with two attached hydrogens (primary N) is 1. The Morgan fingerprint density at radius 3 is 2.00 bits per heavy atom. The molecule has 2 rings (SSSR count). The normalized spacial score (nSPS) is 15.1. The van der Waals surface area contributed by atoms with E-state index >= 15 is 0 Å². The van der Waals surface area contributed by atoms with Gasteiger partial charge in [-0.2, -0.15) is 0 Å². The highest BCUT2D eigenvalue weighted by molar-refractivity contribution is 8.45. The first-order valence-corrected chi connectivity index (χ1v) is 7.57. The molecule has 2 N–H and O–H groups in total. The van der Waals surface area contributed by atoms with E-state index in [9.17, 15) is 24.2 Å². The van der Waals surface area contributed by atoms with Crippen molar-refractivity contribution in [2.45, 2.75) is 4.90 Å². The van der Waals surface area contributed by atoms with E-state index in [1.165, 1.54) is 24.3 Å². The average Bonchev–Trinajstić information content (AvgIpc) is 2.36. The summed E-state index contributed by atoms with van der Waals surface area (Å²) >= 11 is 0. The number of benzene rings is 2. The molecule has 114 valence electrons. The predicted molar refractivity (Wildman–Crippen MR) is 72.1 cm³/mol. The molecule has 2 aromatic rings. The van der Waals surface area contributed by atoms with Gasteiger partial charge in [0.15, 0.2) is 5.78 Å². The molecule has 21 heavy (non-hydrogen) atoms. The van der Waals surface area contributed by atoms with Crippen LogP contribution in [0.2, 0.25) is 0 Å². The number of anilines is 1. The predicted octanol–water partition coefficient (Wildman–Crippen LogP) is 5.16. The third-order valence-corrected chi connectivity index (χ3v) is 3.90. The largest absolute Gasteiger partial charge is 0.398 e. The SMILES string of the molecule is Nc1ccc(S(F)(F)(F)(F)F)cc1C(=O)c1ccccc1. The smallest absolute Gasteiger partial charge is 0.310 e. The van der Waals surface area contributed by atoms with Gasteiger partial charge in [-0.05, 0) is 18.2 Å². The van der Waals surface area contributed by atoms with Gasteiger partial charge in [-0.15, -0.1) is 0 Å². The van der Waals surface area contributed by atoms with Crippen molar-refractivity contribution in [1.82, 2.24) is 0 Å². The number of carbonyl (C=O) groups is 1. The maximum absolute atomic E-state index is 12.8. The summed E-state index contributed by atoms with van der Waals surface area (Å²) in [5, 5.41) is 0. The van der Waals surface area contributed by atoms with E-state index in [-0.39, 0.29) is 23.4 Å². The van der Waals surface area contributed by atoms with Gasteiger partial charge in [0.05, 0.1) is 0 Å². The molecule has 0 aromatic heterocycles. The number of ketones is 1. The Morgan fingerprint density at radius 1 is 0.905 bits per heavy atom. The van der Waals surface area contributed by atoms with E-state index in [1.54, 1.807) is 6.07 Å². The Balaban J connectivity index is 2.60. The number of rotatable bonds is 3. The van der Waals surface area contributed by atoms with Crippen LogP contribution in [-0.2, 0) is 0 Å². The van der Waals surface area contributed by atoms with E-state index in [2.05, 4.69) is 0 Å². The fourth-order valence-electron chi connectivity index (χ4n) is 1.72. The van der Waals surface area contributed by atoms with Crippen molar-refractivity contribution >= 4 is 21.7 Å². The molecule has 0 amide bonds. The topological polar surface area (TPSA) is 43.1 Å². The Bertz CT molecular complexity index is 713. The summed E-state index contributed by atoms with van der Waals surface area (Å²) in [5.74, 6) is -0.850. The molecule has 0 heterocycles. The standard InChI is InChI=1S/C13H10F5NOS/c14-21(15,16,17,18)10-6-7-12(19)11(8-10)13(20)9-4-2-1-3-5-9/h1-8H,19H2. The second-order valence-electron chi connectivity index (χ2n) is 4.41. The Morgan fingerprint density at radius 2 is 1.48 bits per heavy atom. The second kappa shape index (κ2) is 3.97. The van der Waals surface area contributed by atoms with Gasteiger partial charge in [-0.25, -0.2) is 0 Å². The molecule has 0 saturated carbocycles. The van der Waals surface area contributed by atoms with Crippen LogP contribution < -0.4 is 5.73 Å². The molecule has 0 aliphatic carbocycles. The lowest BCUT2D eigenvalue weighted by Gasteiger charge is -2.40. The Hall–Kier alpha value is -2.09. The van der Waals surface area contributed by atoms with Crippen LogP contribution in [0.25, 0.3) is 0 Å². The summed E-state index contributed by atoms with van der Waals surface area (Å²) in [6.45, 7) is 0. The maximum Gasteiger partial charge on any atom is 0.310 e. The molecule has 0 saturated heterocycles. The van der Waals surface area contributed by atoms with Crippen molar-refractivity contribution in [3.05, 3.63) is 59.7 Å². The van der Waals surface area contributed by atoms with Crippen molar-refractivity contribution in [2.24, 2.45) is 0 Å². The highest BCUT2D eigenvalue weighted by atomic mass is 32.5. The molecule has 0 bridgehead atoms. The summed E-state index contributed by atoms with van der Waals surface area (Å²) in [7, 11) is -9.85. The van der Waals surface area contributed by atoms with Crippen LogP contribution in [0.15, 0.2) is 53.4 Å². The summed E-state index contributed by atoms with van der Waals surface area (Å²) < 4.78 is 63.9. The number of carbonyl (C=O) groups excluding carboxylic acids is 1. The number of hydrogen-bond donors (Lipinski definition) is 1. The second-order valence-corrected chi connectivity index (χ2v) is 6.82. The van der Waals surface area contributed by atoms with Crippen molar-refractivity contribution in [3.63, 3.8) is 0 Å². The quantitative estimate of drug-likeness (QED) is 0.482. The molecule has 0 fully saturated rings. The van der Waals surface area contributed by atoms with E-state index in [0.717, 1.165) is 0 Å². The molecule has 0 unspecified atom stereocenters. The molecule has 0 atom stereocenters. The highest BCUT2D eigenvalue weighted by Gasteiger charge is 2.65. The van der Waals surface area contributed by atoms with Gasteiger partial charge in [0.1, 0.15) is 4.90 Å². The zero-order valence-corrected chi connectivity index (χ0v) is 11.2. The first-order chi connectivity index (χ1) is 9.38. The molecular weight excluding hydrogens is 313 g/mol. The molecule has 0 spiro atoms. The minimum atomic E-state index is -9.85. The van der Waals surface area contributed by atoms with E-state index < -0.39 is 26.5 Å². The molecule has 2 aromatic carbocycles. The molecule has 0 radical (unpaired) electrons. The lowest BCUT2D eigenvalue weighted by molar-refractivity contribution is 0.103. The van der Waals surface area contributed by atoms with E-state index in [0.29, 0.717) is 6.07 Å². The van der Waals surface area contributed by atoms with Gasteiger partial charge in [0.2, 0.25) is 0 Å². The van der Waals surface area contributed by atoms with Crippen molar-refractivity contribution in [1.29, 1.82) is 0 Å². The van der Waals surface area contributed by atoms with Crippen LogP contribution in [-0.4, -0.2) is 5.78 Å². The van der Waals surface area contributed by atoms with Gasteiger partial charge >= 0.3 is 10.2 Å². The fourth-order valence-corrected chi connectivity index (χ4v) is 2.38. The lowest BCUT2D eigenvalue weighted by Crippen LogP contribution is -2.10. The van der Waals surface area contributed by atoms with Crippen LogP contribution in [0.3, 0.4) is 0 Å². The summed E-state index contributed by atoms with van der Waals surface area (Å²) in [6, 6.07) is 8.25. The number of hydrogen-bond acceptors (Lipinski definition) is 2. The number of nitrogen functional groups attached to an aromatic ring is 1. The Labute approximate surface area is 117 Å². The van der Waals surface area contributed by atoms with Gasteiger partial charge in [-0.1, -0.05) is 49.8 Å². The number of halogens is 5. The first-order valence-electron chi connectivity index (χ1n) is 5.62. The monoisotopic (exact) mass is 323 g/mol. The molecule has 0 aliphatic heterocycles. The first kappa shape index (κ1) is 15.3. The highest BCUT2D eigenvalue weighted by Crippen LogP contribution is 3.02. The minimum Gasteiger partial charge on any atom is -0.398 e. The minimum absolute atomic E-state index is 0.0588. The van der Waals surface area contributed by atoms with Crippen molar-refractivity contribution < 1.29 is 24.2 Å². The van der Waals surface area contributed by atoms with Crippen LogP contribution >= 0.6 is 10.2 Å². The van der Waals surface area contributed by atoms with Gasteiger partial charge in [0.25, 0.3) is 0 Å². The summed E-state index contributed by atoms with van der Waals surface area (Å²) in [4.78, 5) is 9.94. The maximum atomic E-state index is 12.8. The van der Waals surface area contributed by atoms with E-state index in [4.69, 9.17) is 5.73 Å². The van der Waals surface area contributed by atoms with Crippen LogP contribution in [0.1, 0.15) is 15.9 Å². The van der Waals surface area contributed by atoms with Gasteiger partial charge in [0, 0.05) is 16.8 Å². The fraction of sp³-hybridized carbons (Fsp3) is 0. The van der Waals surface area contributed by atoms with Crippen molar-refractivity contribution in [3.8, 4) is 0 Å². The van der Waals surface area contributed by atoms with Crippen LogP contribution in [0, 0.1) is 0 Å². The van der Waals surface area contributed by atoms with Gasteiger partial charge in [-0.3, -0.25) is 4.79 Å². The summed E-state index contributed by atoms with van der Waals surface area (Å²) in [6.07, 6.45) is 0. The summed E-state index contributed by atoms with van der Waals surface area (Å²) in [5.41, 5.74) is 4.59. The zero-order valence-electron chi connectivity index (χ0n) is 10.4. The lowest BCUT2D eigenvalue weighted by atomic mass is 10.0. The van der Waals surface area contributed by atoms with Crippen LogP contribution in [0.4, 0.5) is 25.1 Å². The third kappa shape index (κ3) is 3.33. The molecular formula is C13H10F5NOS. The molecule has 8 heteroatoms. The average molecular weight is 323 g/mol. The van der Waals surface area contributed by atoms with Crippen molar-refractivity contribution in [2.75, 3.05) is 5.73 Å². The molecule has 2 nitrogen and oxygen atoms in total. The van der Waals surface area contributed by atoms with Crippen LogP contribution in [0.5, 0.6) is 0 Å². The Kier molecular flexibility index (Phi) is 2.89. The van der Waals surface area contributed by atoms with Gasteiger partial charge < -0.3 is 5.73 Å².